The molecule has 5 heteroatoms. The van der Waals surface area contributed by atoms with Crippen LogP contribution in [0.1, 0.15) is 31.4 Å². The molecule has 1 aliphatic rings. The largest absolute Gasteiger partial charge is 0.483 e. The molecule has 1 atom stereocenters. The van der Waals surface area contributed by atoms with Crippen LogP contribution in [0.5, 0.6) is 5.75 Å². The van der Waals surface area contributed by atoms with E-state index in [9.17, 15) is 4.79 Å². The van der Waals surface area contributed by atoms with Crippen LogP contribution in [-0.4, -0.2) is 30.5 Å². The van der Waals surface area contributed by atoms with Crippen molar-refractivity contribution in [1.29, 1.82) is 0 Å². The second-order valence-electron chi connectivity index (χ2n) is 4.85. The van der Waals surface area contributed by atoms with Gasteiger partial charge in [0.15, 0.2) is 6.61 Å². The molecule has 0 aromatic heterocycles. The number of carbonyl (C=O) groups is 1. The predicted molar refractivity (Wildman–Crippen MR) is 78.1 cm³/mol. The molecule has 0 radical (unpaired) electrons. The lowest BCUT2D eigenvalue weighted by Crippen LogP contribution is -2.32. The van der Waals surface area contributed by atoms with Crippen LogP contribution < -0.4 is 10.5 Å². The summed E-state index contributed by atoms with van der Waals surface area (Å²) in [6, 6.07) is 5.54. The first-order valence-electron chi connectivity index (χ1n) is 6.53. The summed E-state index contributed by atoms with van der Waals surface area (Å²) in [6.45, 7) is 3.68. The lowest BCUT2D eigenvalue weighted by Gasteiger charge is -2.18. The molecule has 1 aromatic carbocycles. The van der Waals surface area contributed by atoms with Gasteiger partial charge in [-0.25, -0.2) is 0 Å². The van der Waals surface area contributed by atoms with E-state index in [1.54, 1.807) is 0 Å². The molecule has 1 aliphatic heterocycles. The monoisotopic (exact) mass is 326 g/mol. The van der Waals surface area contributed by atoms with Gasteiger partial charge in [-0.05, 0) is 38.0 Å². The van der Waals surface area contributed by atoms with Crippen LogP contribution in [-0.2, 0) is 4.79 Å². The molecule has 2 rings (SSSR count). The first-order valence-corrected chi connectivity index (χ1v) is 7.33. The number of hydrogen-bond acceptors (Lipinski definition) is 3. The van der Waals surface area contributed by atoms with Gasteiger partial charge in [0, 0.05) is 29.2 Å². The molecular weight excluding hydrogens is 308 g/mol. The zero-order valence-electron chi connectivity index (χ0n) is 11.1. The number of amides is 1. The van der Waals surface area contributed by atoms with Gasteiger partial charge in [0.25, 0.3) is 5.91 Å². The van der Waals surface area contributed by atoms with Crippen LogP contribution in [0.3, 0.4) is 0 Å². The fourth-order valence-corrected chi connectivity index (χ4v) is 2.58. The summed E-state index contributed by atoms with van der Waals surface area (Å²) in [5.74, 6) is 0.738. The van der Waals surface area contributed by atoms with E-state index in [1.807, 2.05) is 30.0 Å². The van der Waals surface area contributed by atoms with E-state index in [2.05, 4.69) is 15.9 Å². The summed E-state index contributed by atoms with van der Waals surface area (Å²) in [5, 5.41) is 0. The number of nitrogens with two attached hydrogens (primary N) is 1. The van der Waals surface area contributed by atoms with E-state index in [1.165, 1.54) is 0 Å². The van der Waals surface area contributed by atoms with Crippen molar-refractivity contribution < 1.29 is 9.53 Å². The average molecular weight is 327 g/mol. The molecule has 19 heavy (non-hydrogen) atoms. The van der Waals surface area contributed by atoms with Gasteiger partial charge in [0.1, 0.15) is 5.75 Å². The van der Waals surface area contributed by atoms with E-state index < -0.39 is 0 Å². The summed E-state index contributed by atoms with van der Waals surface area (Å²) >= 11 is 3.41. The SMILES string of the molecule is C[C@@H](N)c1cc(Br)ccc1OCC(=O)N1CCCC1. The minimum atomic E-state index is -0.130. The summed E-state index contributed by atoms with van der Waals surface area (Å²) in [7, 11) is 0. The van der Waals surface area contributed by atoms with E-state index in [0.717, 1.165) is 36.0 Å². The zero-order chi connectivity index (χ0) is 13.8. The Morgan fingerprint density at radius 3 is 2.79 bits per heavy atom. The lowest BCUT2D eigenvalue weighted by atomic mass is 10.1. The van der Waals surface area contributed by atoms with Crippen molar-refractivity contribution in [3.05, 3.63) is 28.2 Å². The Balaban J connectivity index is 2.00. The highest BCUT2D eigenvalue weighted by atomic mass is 79.9. The Hall–Kier alpha value is -1.07. The van der Waals surface area contributed by atoms with Gasteiger partial charge in [0.2, 0.25) is 0 Å². The zero-order valence-corrected chi connectivity index (χ0v) is 12.6. The number of likely N-dealkylation sites (tertiary alicyclic amines) is 1. The van der Waals surface area contributed by atoms with Crippen LogP contribution >= 0.6 is 15.9 Å². The number of benzene rings is 1. The average Bonchev–Trinajstić information content (AvgIpc) is 2.90. The Bertz CT molecular complexity index is 457. The maximum absolute atomic E-state index is 11.9. The van der Waals surface area contributed by atoms with Crippen molar-refractivity contribution in [1.82, 2.24) is 4.90 Å². The minimum Gasteiger partial charge on any atom is -0.483 e. The smallest absolute Gasteiger partial charge is 0.260 e. The van der Waals surface area contributed by atoms with Crippen molar-refractivity contribution in [3.63, 3.8) is 0 Å². The Morgan fingerprint density at radius 1 is 1.47 bits per heavy atom. The van der Waals surface area contributed by atoms with Gasteiger partial charge in [-0.1, -0.05) is 15.9 Å². The third kappa shape index (κ3) is 3.70. The number of ether oxygens (including phenoxy) is 1. The minimum absolute atomic E-state index is 0.0519. The third-order valence-corrected chi connectivity index (χ3v) is 3.77. The fourth-order valence-electron chi connectivity index (χ4n) is 2.20. The molecule has 1 saturated heterocycles. The predicted octanol–water partition coefficient (Wildman–Crippen LogP) is 2.47. The topological polar surface area (TPSA) is 55.6 Å². The summed E-state index contributed by atoms with van der Waals surface area (Å²) in [6.07, 6.45) is 2.18. The summed E-state index contributed by atoms with van der Waals surface area (Å²) in [5.41, 5.74) is 6.82. The van der Waals surface area contributed by atoms with Crippen molar-refractivity contribution in [2.24, 2.45) is 5.73 Å². The van der Waals surface area contributed by atoms with Crippen LogP contribution in [0.4, 0.5) is 0 Å². The quantitative estimate of drug-likeness (QED) is 0.924. The number of rotatable bonds is 4. The molecule has 0 aliphatic carbocycles. The van der Waals surface area contributed by atoms with E-state index in [0.29, 0.717) is 5.75 Å². The molecule has 1 amide bonds. The third-order valence-electron chi connectivity index (χ3n) is 3.27. The highest BCUT2D eigenvalue weighted by Gasteiger charge is 2.19. The van der Waals surface area contributed by atoms with Gasteiger partial charge in [-0.2, -0.15) is 0 Å². The molecule has 0 unspecified atom stereocenters. The van der Waals surface area contributed by atoms with Crippen molar-refractivity contribution >= 4 is 21.8 Å². The maximum atomic E-state index is 11.9. The molecular formula is C14H19BrN2O2. The van der Waals surface area contributed by atoms with E-state index in [-0.39, 0.29) is 18.6 Å². The van der Waals surface area contributed by atoms with Crippen LogP contribution in [0.2, 0.25) is 0 Å². The van der Waals surface area contributed by atoms with Gasteiger partial charge in [-0.3, -0.25) is 4.79 Å². The van der Waals surface area contributed by atoms with Crippen LogP contribution in [0, 0.1) is 0 Å². The van der Waals surface area contributed by atoms with Crippen molar-refractivity contribution in [3.8, 4) is 5.75 Å². The van der Waals surface area contributed by atoms with Gasteiger partial charge in [-0.15, -0.1) is 0 Å². The van der Waals surface area contributed by atoms with Crippen molar-refractivity contribution in [2.75, 3.05) is 19.7 Å². The van der Waals surface area contributed by atoms with Crippen molar-refractivity contribution in [2.45, 2.75) is 25.8 Å². The van der Waals surface area contributed by atoms with Crippen LogP contribution in [0.15, 0.2) is 22.7 Å². The molecule has 1 fully saturated rings. The summed E-state index contributed by atoms with van der Waals surface area (Å²) < 4.78 is 6.59. The molecule has 4 nitrogen and oxygen atoms in total. The number of halogens is 1. The molecule has 1 heterocycles. The Kier molecular flexibility index (Phi) is 4.82. The highest BCUT2D eigenvalue weighted by Crippen LogP contribution is 2.27. The van der Waals surface area contributed by atoms with Gasteiger partial charge < -0.3 is 15.4 Å². The first kappa shape index (κ1) is 14.3. The molecule has 1 aromatic rings. The second kappa shape index (κ2) is 6.39. The van der Waals surface area contributed by atoms with Gasteiger partial charge in [0.05, 0.1) is 0 Å². The van der Waals surface area contributed by atoms with E-state index in [4.69, 9.17) is 10.5 Å². The number of nitrogens with zero attached hydrogens (tertiary/aromatic N) is 1. The Labute approximate surface area is 122 Å². The second-order valence-corrected chi connectivity index (χ2v) is 5.76. The molecule has 2 N–H and O–H groups in total. The van der Waals surface area contributed by atoms with Crippen LogP contribution in [0.25, 0.3) is 0 Å². The molecule has 0 saturated carbocycles. The molecule has 0 bridgehead atoms. The standard InChI is InChI=1S/C14H19BrN2O2/c1-10(16)12-8-11(15)4-5-13(12)19-9-14(18)17-6-2-3-7-17/h4-5,8,10H,2-3,6-7,9,16H2,1H3/t10-/m1/s1. The number of carbonyl (C=O) groups excluding carboxylic acids is 1. The molecule has 0 spiro atoms. The number of hydrogen-bond donors (Lipinski definition) is 1. The highest BCUT2D eigenvalue weighted by molar-refractivity contribution is 9.10. The maximum Gasteiger partial charge on any atom is 0.260 e. The lowest BCUT2D eigenvalue weighted by molar-refractivity contribution is -0.132. The molecule has 104 valence electrons. The normalized spacial score (nSPS) is 16.5. The Morgan fingerprint density at radius 2 is 2.16 bits per heavy atom. The van der Waals surface area contributed by atoms with E-state index >= 15 is 0 Å². The summed E-state index contributed by atoms with van der Waals surface area (Å²) in [4.78, 5) is 13.8. The fraction of sp³-hybridized carbons (Fsp3) is 0.500. The van der Waals surface area contributed by atoms with Gasteiger partial charge >= 0.3 is 0 Å². The first-order chi connectivity index (χ1) is 9.08.